The van der Waals surface area contributed by atoms with E-state index in [1.807, 2.05) is 12.2 Å². The Labute approximate surface area is 220 Å². The van der Waals surface area contributed by atoms with E-state index in [2.05, 4.69) is 5.32 Å². The summed E-state index contributed by atoms with van der Waals surface area (Å²) in [6.45, 7) is 0. The maximum Gasteiger partial charge on any atom is 0.311 e. The van der Waals surface area contributed by atoms with Crippen LogP contribution >= 0.6 is 0 Å². The van der Waals surface area contributed by atoms with E-state index in [9.17, 15) is 14.9 Å². The van der Waals surface area contributed by atoms with Gasteiger partial charge in [-0.05, 0) is 53.1 Å². The molecule has 3 aromatic rings. The largest absolute Gasteiger partial charge is 0.497 e. The second-order valence-electron chi connectivity index (χ2n) is 7.76. The van der Waals surface area contributed by atoms with E-state index in [-0.39, 0.29) is 11.4 Å². The minimum absolute atomic E-state index is 0.136. The van der Waals surface area contributed by atoms with Crippen LogP contribution < -0.4 is 29.0 Å². The van der Waals surface area contributed by atoms with E-state index < -0.39 is 10.8 Å². The van der Waals surface area contributed by atoms with Crippen molar-refractivity contribution < 1.29 is 33.4 Å². The number of ether oxygens (including phenoxy) is 5. The Bertz CT molecular complexity index is 1360. The summed E-state index contributed by atoms with van der Waals surface area (Å²) in [5, 5.41) is 14.1. The number of carbonyl (C=O) groups is 1. The van der Waals surface area contributed by atoms with Gasteiger partial charge < -0.3 is 29.0 Å². The molecule has 10 nitrogen and oxygen atoms in total. The quantitative estimate of drug-likeness (QED) is 0.153. The molecule has 0 unspecified atom stereocenters. The number of carbonyl (C=O) groups excluding carboxylic acids is 1. The lowest BCUT2D eigenvalue weighted by molar-refractivity contribution is -0.385. The second-order valence-corrected chi connectivity index (χ2v) is 7.76. The molecule has 3 rings (SSSR count). The van der Waals surface area contributed by atoms with Crippen molar-refractivity contribution in [2.75, 3.05) is 40.9 Å². The van der Waals surface area contributed by atoms with Gasteiger partial charge in [-0.25, -0.2) is 0 Å². The molecule has 0 radical (unpaired) electrons. The average molecular weight is 521 g/mol. The molecular formula is C28H28N2O8. The van der Waals surface area contributed by atoms with Crippen molar-refractivity contribution in [2.45, 2.75) is 0 Å². The van der Waals surface area contributed by atoms with Gasteiger partial charge >= 0.3 is 5.69 Å². The topological polar surface area (TPSA) is 118 Å². The number of nitrogens with zero attached hydrogens (tertiary/aromatic N) is 1. The number of amides is 1. The molecule has 10 heteroatoms. The Morgan fingerprint density at radius 1 is 0.763 bits per heavy atom. The average Bonchev–Trinajstić information content (AvgIpc) is 2.94. The third-order valence-electron chi connectivity index (χ3n) is 5.49. The molecule has 0 fully saturated rings. The van der Waals surface area contributed by atoms with E-state index in [0.29, 0.717) is 39.8 Å². The van der Waals surface area contributed by atoms with Crippen molar-refractivity contribution in [1.82, 2.24) is 0 Å². The minimum Gasteiger partial charge on any atom is -0.497 e. The lowest BCUT2D eigenvalue weighted by atomic mass is 10.1. The number of methoxy groups -OCH3 is 5. The zero-order chi connectivity index (χ0) is 27.7. The van der Waals surface area contributed by atoms with Crippen LogP contribution in [0.2, 0.25) is 0 Å². The molecule has 1 amide bonds. The molecule has 0 spiro atoms. The Morgan fingerprint density at radius 2 is 1.45 bits per heavy atom. The van der Waals surface area contributed by atoms with Crippen LogP contribution in [0.3, 0.4) is 0 Å². The zero-order valence-electron chi connectivity index (χ0n) is 21.6. The van der Waals surface area contributed by atoms with Crippen molar-refractivity contribution in [1.29, 1.82) is 0 Å². The van der Waals surface area contributed by atoms with Crippen LogP contribution in [0.25, 0.3) is 18.2 Å². The summed E-state index contributed by atoms with van der Waals surface area (Å²) in [4.78, 5) is 23.4. The van der Waals surface area contributed by atoms with Crippen molar-refractivity contribution in [3.63, 3.8) is 0 Å². The number of benzene rings is 3. The molecule has 198 valence electrons. The first kappa shape index (κ1) is 27.6. The van der Waals surface area contributed by atoms with Gasteiger partial charge in [0, 0.05) is 18.2 Å². The number of nitro groups is 1. The van der Waals surface area contributed by atoms with E-state index in [4.69, 9.17) is 23.7 Å². The first-order chi connectivity index (χ1) is 18.3. The van der Waals surface area contributed by atoms with Gasteiger partial charge in [0.1, 0.15) is 5.75 Å². The van der Waals surface area contributed by atoms with Gasteiger partial charge in [0.05, 0.1) is 46.2 Å². The first-order valence-corrected chi connectivity index (χ1v) is 11.3. The SMILES string of the molecule is COc1ccc(C=Cc2cc(OC)c(OC)c(OC)c2)c(NC(=O)/C=C/c2ccc(OC)c([N+](=O)[O-])c2)c1. The van der Waals surface area contributed by atoms with Gasteiger partial charge in [0.15, 0.2) is 17.2 Å². The van der Waals surface area contributed by atoms with Crippen LogP contribution in [-0.2, 0) is 4.79 Å². The van der Waals surface area contributed by atoms with Gasteiger partial charge in [-0.1, -0.05) is 18.2 Å². The molecule has 38 heavy (non-hydrogen) atoms. The summed E-state index contributed by atoms with van der Waals surface area (Å²) >= 11 is 0. The van der Waals surface area contributed by atoms with Crippen LogP contribution in [0.15, 0.2) is 54.6 Å². The number of rotatable bonds is 11. The maximum absolute atomic E-state index is 12.7. The smallest absolute Gasteiger partial charge is 0.311 e. The molecule has 1 N–H and O–H groups in total. The molecule has 0 bridgehead atoms. The number of hydrogen-bond donors (Lipinski definition) is 1. The lowest BCUT2D eigenvalue weighted by Crippen LogP contribution is -2.09. The van der Waals surface area contributed by atoms with Crippen molar-refractivity contribution in [2.24, 2.45) is 0 Å². The standard InChI is InChI=1S/C28H28N2O8/c1-34-21-11-10-20(9-6-19-15-25(36-3)28(38-5)26(16-19)37-4)22(17-21)29-27(31)13-8-18-7-12-24(35-2)23(14-18)30(32)33/h6-17H,1-5H3,(H,29,31)/b9-6?,13-8+. The lowest BCUT2D eigenvalue weighted by Gasteiger charge is -2.13. The first-order valence-electron chi connectivity index (χ1n) is 11.3. The fraction of sp³-hybridized carbons (Fsp3) is 0.179. The molecule has 0 heterocycles. The van der Waals surface area contributed by atoms with Gasteiger partial charge in [-0.2, -0.15) is 0 Å². The summed E-state index contributed by atoms with van der Waals surface area (Å²) in [6, 6.07) is 13.3. The molecule has 3 aromatic carbocycles. The highest BCUT2D eigenvalue weighted by molar-refractivity contribution is 6.03. The Hall–Kier alpha value is -4.99. The molecule has 0 saturated heterocycles. The normalized spacial score (nSPS) is 10.9. The maximum atomic E-state index is 12.7. The summed E-state index contributed by atoms with van der Waals surface area (Å²) in [5.74, 6) is 1.77. The second kappa shape index (κ2) is 12.8. The van der Waals surface area contributed by atoms with Crippen LogP contribution in [0.4, 0.5) is 11.4 Å². The fourth-order valence-electron chi connectivity index (χ4n) is 3.60. The Morgan fingerprint density at radius 3 is 2.03 bits per heavy atom. The van der Waals surface area contributed by atoms with E-state index in [1.165, 1.54) is 45.6 Å². The third-order valence-corrected chi connectivity index (χ3v) is 5.49. The summed E-state index contributed by atoms with van der Waals surface area (Å²) < 4.78 is 26.5. The van der Waals surface area contributed by atoms with Crippen LogP contribution in [0.5, 0.6) is 28.7 Å². The zero-order valence-corrected chi connectivity index (χ0v) is 21.6. The van der Waals surface area contributed by atoms with Crippen molar-refractivity contribution >= 4 is 35.5 Å². The molecule has 0 aliphatic rings. The summed E-state index contributed by atoms with van der Waals surface area (Å²) in [6.07, 6.45) is 6.44. The van der Waals surface area contributed by atoms with Gasteiger partial charge in [-0.15, -0.1) is 0 Å². The van der Waals surface area contributed by atoms with E-state index in [0.717, 1.165) is 5.56 Å². The highest BCUT2D eigenvalue weighted by Crippen LogP contribution is 2.39. The Balaban J connectivity index is 1.87. The highest BCUT2D eigenvalue weighted by Gasteiger charge is 2.15. The number of hydrogen-bond acceptors (Lipinski definition) is 8. The van der Waals surface area contributed by atoms with Gasteiger partial charge in [0.25, 0.3) is 0 Å². The van der Waals surface area contributed by atoms with Crippen LogP contribution in [0, 0.1) is 10.1 Å². The van der Waals surface area contributed by atoms with Crippen LogP contribution in [0.1, 0.15) is 16.7 Å². The third kappa shape index (κ3) is 6.61. The predicted octanol–water partition coefficient (Wildman–Crippen LogP) is 5.46. The monoisotopic (exact) mass is 520 g/mol. The minimum atomic E-state index is -0.543. The van der Waals surface area contributed by atoms with Crippen LogP contribution in [-0.4, -0.2) is 46.4 Å². The molecular weight excluding hydrogens is 492 g/mol. The fourth-order valence-corrected chi connectivity index (χ4v) is 3.60. The number of nitrogens with one attached hydrogen (secondary N) is 1. The highest BCUT2D eigenvalue weighted by atomic mass is 16.6. The number of nitro benzene ring substituents is 1. The van der Waals surface area contributed by atoms with Crippen molar-refractivity contribution in [3.8, 4) is 28.7 Å². The molecule has 0 saturated carbocycles. The molecule has 0 aliphatic heterocycles. The van der Waals surface area contributed by atoms with E-state index in [1.54, 1.807) is 50.6 Å². The Kier molecular flexibility index (Phi) is 9.31. The number of anilines is 1. The van der Waals surface area contributed by atoms with Gasteiger partial charge in [0.2, 0.25) is 11.7 Å². The summed E-state index contributed by atoms with van der Waals surface area (Å²) in [7, 11) is 7.50. The molecule has 0 atom stereocenters. The van der Waals surface area contributed by atoms with Gasteiger partial charge in [-0.3, -0.25) is 14.9 Å². The molecule has 0 aromatic heterocycles. The summed E-state index contributed by atoms with van der Waals surface area (Å²) in [5.41, 5.74) is 2.28. The van der Waals surface area contributed by atoms with E-state index >= 15 is 0 Å². The predicted molar refractivity (Wildman–Crippen MR) is 145 cm³/mol. The van der Waals surface area contributed by atoms with Crippen molar-refractivity contribution in [3.05, 3.63) is 81.4 Å². The molecule has 0 aliphatic carbocycles.